The molecule has 7 aromatic rings. The van der Waals surface area contributed by atoms with E-state index >= 15 is 0 Å². The van der Waals surface area contributed by atoms with Gasteiger partial charge in [0.2, 0.25) is 0 Å². The standard InChI is InChI=1S/C11H16.C10H15N.C10H8.C9H7N.3C6H14.C5H5N.C3H8O2.C3H8O.4C2H6/c1-11(2,3)9-10-7-5-4-6-8-10;1-10(2,3)11-9-7-5-4-6-8-9;1-2-6-10-8-4-3-7-9(10)5-1;1-2-6-9-8(4-1)5-3-7-10-9;3*1-5-6(2,3)4;1-2-4-6-5-3-1;1-3-5-4-2;1-3-4-2;4*1-2/h4-8H,9H2,1-3H3;4-8,11H,1-3H3;1-8H;1-7H;3*5H2,1-4H3;1-5H;3H2,1-2H3;3H2,1-2H3;4*1-2H3. The zero-order valence-electron chi connectivity index (χ0n) is 59.7. The Kier molecular flexibility index (Phi) is 67.3. The lowest BCUT2D eigenvalue weighted by atomic mass is 9.88. The first-order valence-corrected chi connectivity index (χ1v) is 31.2. The number of para-hydroxylation sites is 2. The van der Waals surface area contributed by atoms with E-state index in [1.165, 1.54) is 53.8 Å². The number of anilines is 1. The summed E-state index contributed by atoms with van der Waals surface area (Å²) in [7, 11) is 3.17. The smallest absolute Gasteiger partial charge is 0.0794 e. The Balaban J connectivity index is -0.000000155. The fraction of sp³-hybridized carbons (Fsp3) is 0.532. The molecule has 5 aromatic carbocycles. The highest BCUT2D eigenvalue weighted by molar-refractivity contribution is 5.82. The zero-order chi connectivity index (χ0) is 65.7. The largest absolute Gasteiger partial charge is 0.385 e. The molecule has 0 saturated carbocycles. The van der Waals surface area contributed by atoms with Gasteiger partial charge in [-0.05, 0) is 115 Å². The molecule has 474 valence electrons. The third kappa shape index (κ3) is 76.6. The van der Waals surface area contributed by atoms with Crippen LogP contribution in [0.25, 0.3) is 21.7 Å². The lowest BCUT2D eigenvalue weighted by Gasteiger charge is -2.21. The molecule has 0 saturated heterocycles. The van der Waals surface area contributed by atoms with Crippen LogP contribution in [0, 0.1) is 21.7 Å². The summed E-state index contributed by atoms with van der Waals surface area (Å²) in [6.45, 7) is 61.3. The van der Waals surface area contributed by atoms with E-state index in [0.29, 0.717) is 28.3 Å². The Hall–Kier alpha value is -5.40. The van der Waals surface area contributed by atoms with Gasteiger partial charge in [0.1, 0.15) is 0 Å². The van der Waals surface area contributed by atoms with E-state index in [2.05, 4.69) is 258 Å². The van der Waals surface area contributed by atoms with Gasteiger partial charge in [0.05, 0.1) is 19.2 Å². The van der Waals surface area contributed by atoms with Crippen LogP contribution in [-0.2, 0) is 20.9 Å². The second-order valence-corrected chi connectivity index (χ2v) is 23.4. The van der Waals surface area contributed by atoms with Crippen molar-refractivity contribution in [1.29, 1.82) is 0 Å². The molecule has 0 unspecified atom stereocenters. The topological polar surface area (TPSA) is 65.5 Å². The average molecular weight is 1150 g/mol. The number of hydrogen-bond donors (Lipinski definition) is 1. The maximum Gasteiger partial charge on any atom is 0.0794 e. The van der Waals surface area contributed by atoms with Crippen LogP contribution >= 0.6 is 0 Å². The lowest BCUT2D eigenvalue weighted by molar-refractivity contribution is -0.268. The highest BCUT2D eigenvalue weighted by atomic mass is 17.2. The second kappa shape index (κ2) is 61.2. The van der Waals surface area contributed by atoms with Crippen LogP contribution in [0.5, 0.6) is 0 Å². The summed E-state index contributed by atoms with van der Waals surface area (Å²) in [5.41, 5.74) is 5.85. The number of methoxy groups -OCH3 is 1. The van der Waals surface area contributed by atoms with E-state index in [-0.39, 0.29) is 5.54 Å². The Morgan fingerprint density at radius 2 is 0.675 bits per heavy atom. The van der Waals surface area contributed by atoms with Crippen molar-refractivity contribution < 1.29 is 14.5 Å². The summed E-state index contributed by atoms with van der Waals surface area (Å²) in [4.78, 5) is 16.5. The third-order valence-corrected chi connectivity index (χ3v) is 10.3. The molecule has 0 radical (unpaired) electrons. The zero-order valence-corrected chi connectivity index (χ0v) is 59.7. The van der Waals surface area contributed by atoms with Gasteiger partial charge in [0.15, 0.2) is 0 Å². The Morgan fingerprint density at radius 3 is 0.928 bits per heavy atom. The van der Waals surface area contributed by atoms with Gasteiger partial charge in [-0.3, -0.25) is 9.97 Å². The molecule has 0 aliphatic heterocycles. The first-order valence-electron chi connectivity index (χ1n) is 31.2. The van der Waals surface area contributed by atoms with Crippen molar-refractivity contribution >= 4 is 27.4 Å². The number of rotatable bonds is 5. The van der Waals surface area contributed by atoms with Crippen LogP contribution in [0.1, 0.15) is 219 Å². The number of ether oxygens (including phenoxy) is 1. The number of hydrogen-bond acceptors (Lipinski definition) is 6. The quantitative estimate of drug-likeness (QED) is 0.137. The molecule has 0 fully saturated rings. The molecule has 0 aliphatic carbocycles. The van der Waals surface area contributed by atoms with E-state index < -0.39 is 0 Å². The van der Waals surface area contributed by atoms with Gasteiger partial charge in [-0.1, -0.05) is 306 Å². The molecule has 6 nitrogen and oxygen atoms in total. The second-order valence-electron chi connectivity index (χ2n) is 23.4. The van der Waals surface area contributed by atoms with Crippen molar-refractivity contribution in [2.45, 2.75) is 225 Å². The highest BCUT2D eigenvalue weighted by Gasteiger charge is 2.10. The first-order chi connectivity index (χ1) is 39.1. The predicted molar refractivity (Wildman–Crippen MR) is 380 cm³/mol. The Labute approximate surface area is 516 Å². The fourth-order valence-electron chi connectivity index (χ4n) is 4.74. The van der Waals surface area contributed by atoms with Crippen LogP contribution in [0.15, 0.2) is 182 Å². The summed E-state index contributed by atoms with van der Waals surface area (Å²) in [5.74, 6) is 0. The summed E-state index contributed by atoms with van der Waals surface area (Å²) in [6, 6.07) is 55.4. The molecule has 83 heavy (non-hydrogen) atoms. The van der Waals surface area contributed by atoms with Gasteiger partial charge in [-0.2, -0.15) is 0 Å². The van der Waals surface area contributed by atoms with E-state index in [4.69, 9.17) is 0 Å². The number of benzene rings is 5. The SMILES string of the molecule is CC.CC.CC.CC.CC(C)(C)Cc1ccccc1.CC(C)(C)Nc1ccccc1.CCC(C)(C)C.CCC(C)(C)C.CCC(C)(C)C.CCOC.CCOOC.c1ccc2ccccc2c1.c1ccc2ncccc2c1.c1ccncc1. The molecule has 0 spiro atoms. The molecular formula is C77H133N3O3. The maximum atomic E-state index is 4.54. The molecule has 0 atom stereocenters. The van der Waals surface area contributed by atoms with Gasteiger partial charge in [-0.15, -0.1) is 0 Å². The number of pyridine rings is 2. The number of fused-ring (bicyclic) bond motifs is 2. The minimum absolute atomic E-state index is 0.154. The van der Waals surface area contributed by atoms with Crippen molar-refractivity contribution in [3.05, 3.63) is 188 Å². The molecule has 6 heteroatoms. The van der Waals surface area contributed by atoms with Crippen LogP contribution in [0.3, 0.4) is 0 Å². The van der Waals surface area contributed by atoms with Gasteiger partial charge in [0, 0.05) is 48.9 Å². The average Bonchev–Trinajstić information content (AvgIpc) is 3.48. The van der Waals surface area contributed by atoms with E-state index in [9.17, 15) is 0 Å². The summed E-state index contributed by atoms with van der Waals surface area (Å²) in [6.07, 6.45) is 10.3. The highest BCUT2D eigenvalue weighted by Crippen LogP contribution is 2.20. The lowest BCUT2D eigenvalue weighted by Crippen LogP contribution is -2.25. The van der Waals surface area contributed by atoms with Gasteiger partial charge >= 0.3 is 0 Å². The summed E-state index contributed by atoms with van der Waals surface area (Å²) in [5, 5.41) is 7.20. The number of nitrogens with zero attached hydrogens (tertiary/aromatic N) is 2. The molecule has 0 amide bonds. The van der Waals surface area contributed by atoms with Crippen molar-refractivity contribution in [3.63, 3.8) is 0 Å². The van der Waals surface area contributed by atoms with Crippen molar-refractivity contribution in [2.24, 2.45) is 21.7 Å². The first kappa shape index (κ1) is 91.4. The minimum Gasteiger partial charge on any atom is -0.385 e. The van der Waals surface area contributed by atoms with Gasteiger partial charge in [0.25, 0.3) is 0 Å². The molecule has 1 N–H and O–H groups in total. The summed E-state index contributed by atoms with van der Waals surface area (Å²) >= 11 is 0. The van der Waals surface area contributed by atoms with E-state index in [1.54, 1.807) is 19.5 Å². The predicted octanol–water partition coefficient (Wildman–Crippen LogP) is 25.0. The maximum absolute atomic E-state index is 4.54. The van der Waals surface area contributed by atoms with Crippen LogP contribution in [-0.4, -0.2) is 42.9 Å². The van der Waals surface area contributed by atoms with Crippen molar-refractivity contribution in [1.82, 2.24) is 9.97 Å². The van der Waals surface area contributed by atoms with Gasteiger partial charge in [-0.25, -0.2) is 9.78 Å². The van der Waals surface area contributed by atoms with Gasteiger partial charge < -0.3 is 10.1 Å². The molecule has 2 aromatic heterocycles. The molecule has 2 heterocycles. The summed E-state index contributed by atoms with van der Waals surface area (Å²) < 4.78 is 4.54. The Morgan fingerprint density at radius 1 is 0.361 bits per heavy atom. The monoisotopic (exact) mass is 1150 g/mol. The Bertz CT molecular complexity index is 1950. The molecular weight excluding hydrogens is 1010 g/mol. The number of nitrogens with one attached hydrogen (secondary N) is 1. The van der Waals surface area contributed by atoms with Crippen LogP contribution in [0.2, 0.25) is 0 Å². The fourth-order valence-corrected chi connectivity index (χ4v) is 4.74. The van der Waals surface area contributed by atoms with E-state index in [0.717, 1.165) is 18.5 Å². The van der Waals surface area contributed by atoms with Crippen LogP contribution in [0.4, 0.5) is 5.69 Å². The molecule has 0 aliphatic rings. The third-order valence-electron chi connectivity index (χ3n) is 10.3. The normalized spacial score (nSPS) is 9.76. The van der Waals surface area contributed by atoms with Crippen molar-refractivity contribution in [2.75, 3.05) is 32.8 Å². The molecule has 7 rings (SSSR count). The van der Waals surface area contributed by atoms with Crippen LogP contribution < -0.4 is 5.32 Å². The number of aromatic nitrogens is 2. The van der Waals surface area contributed by atoms with E-state index in [1.807, 2.05) is 136 Å². The van der Waals surface area contributed by atoms with Crippen molar-refractivity contribution in [3.8, 4) is 0 Å². The molecule has 0 bridgehead atoms. The minimum atomic E-state index is 0.154.